The zero-order chi connectivity index (χ0) is 11.5. The van der Waals surface area contributed by atoms with Crippen molar-refractivity contribution in [2.45, 2.75) is 45.6 Å². The normalized spacial score (nSPS) is 21.2. The van der Waals surface area contributed by atoms with Crippen LogP contribution in [0.2, 0.25) is 0 Å². The van der Waals surface area contributed by atoms with Crippen molar-refractivity contribution in [1.82, 2.24) is 10.2 Å². The van der Waals surface area contributed by atoms with Crippen molar-refractivity contribution in [3.05, 3.63) is 0 Å². The van der Waals surface area contributed by atoms with E-state index in [2.05, 4.69) is 29.8 Å². The SMILES string of the molecule is CCCCNCC1CCCN1CC.CN. The summed E-state index contributed by atoms with van der Waals surface area (Å²) in [5.41, 5.74) is 4.50. The van der Waals surface area contributed by atoms with Gasteiger partial charge in [0.25, 0.3) is 0 Å². The fourth-order valence-corrected chi connectivity index (χ4v) is 2.11. The maximum Gasteiger partial charge on any atom is 0.0220 e. The fourth-order valence-electron chi connectivity index (χ4n) is 2.11. The molecule has 0 saturated carbocycles. The zero-order valence-corrected chi connectivity index (χ0v) is 10.8. The monoisotopic (exact) mass is 215 g/mol. The summed E-state index contributed by atoms with van der Waals surface area (Å²) >= 11 is 0. The van der Waals surface area contributed by atoms with Crippen LogP contribution < -0.4 is 11.1 Å². The minimum Gasteiger partial charge on any atom is -0.333 e. The quantitative estimate of drug-likeness (QED) is 0.659. The predicted octanol–water partition coefficient (Wildman–Crippen LogP) is 1.44. The molecule has 0 aromatic heterocycles. The second-order valence-corrected chi connectivity index (χ2v) is 3.98. The Morgan fingerprint density at radius 1 is 1.33 bits per heavy atom. The molecule has 3 heteroatoms. The van der Waals surface area contributed by atoms with E-state index in [9.17, 15) is 0 Å². The van der Waals surface area contributed by atoms with Gasteiger partial charge in [-0.25, -0.2) is 0 Å². The van der Waals surface area contributed by atoms with Crippen LogP contribution >= 0.6 is 0 Å². The lowest BCUT2D eigenvalue weighted by Crippen LogP contribution is -2.38. The number of likely N-dealkylation sites (N-methyl/N-ethyl adjacent to an activating group) is 1. The molecule has 1 saturated heterocycles. The summed E-state index contributed by atoms with van der Waals surface area (Å²) in [4.78, 5) is 2.60. The van der Waals surface area contributed by atoms with Gasteiger partial charge in [0, 0.05) is 12.6 Å². The lowest BCUT2D eigenvalue weighted by atomic mass is 10.2. The smallest absolute Gasteiger partial charge is 0.0220 e. The highest BCUT2D eigenvalue weighted by Gasteiger charge is 2.21. The Morgan fingerprint density at radius 3 is 2.67 bits per heavy atom. The molecule has 0 aliphatic carbocycles. The summed E-state index contributed by atoms with van der Waals surface area (Å²) in [6.45, 7) is 9.45. The summed E-state index contributed by atoms with van der Waals surface area (Å²) in [5.74, 6) is 0. The lowest BCUT2D eigenvalue weighted by Gasteiger charge is -2.22. The van der Waals surface area contributed by atoms with Crippen LogP contribution in [0.25, 0.3) is 0 Å². The summed E-state index contributed by atoms with van der Waals surface area (Å²) in [6.07, 6.45) is 5.41. The molecule has 3 nitrogen and oxygen atoms in total. The Morgan fingerprint density at radius 2 is 2.07 bits per heavy atom. The molecule has 0 radical (unpaired) electrons. The highest BCUT2D eigenvalue weighted by molar-refractivity contribution is 4.79. The first-order valence-electron chi connectivity index (χ1n) is 6.41. The molecule has 15 heavy (non-hydrogen) atoms. The highest BCUT2D eigenvalue weighted by Crippen LogP contribution is 2.15. The van der Waals surface area contributed by atoms with Crippen LogP contribution in [-0.4, -0.2) is 44.2 Å². The van der Waals surface area contributed by atoms with Gasteiger partial charge in [-0.3, -0.25) is 4.90 Å². The highest BCUT2D eigenvalue weighted by atomic mass is 15.2. The molecule has 0 spiro atoms. The van der Waals surface area contributed by atoms with E-state index >= 15 is 0 Å². The van der Waals surface area contributed by atoms with Crippen molar-refractivity contribution >= 4 is 0 Å². The number of rotatable bonds is 6. The number of nitrogens with one attached hydrogen (secondary N) is 1. The van der Waals surface area contributed by atoms with Crippen molar-refractivity contribution in [3.63, 3.8) is 0 Å². The molecule has 3 N–H and O–H groups in total. The molecule has 1 aliphatic rings. The van der Waals surface area contributed by atoms with Gasteiger partial charge >= 0.3 is 0 Å². The zero-order valence-electron chi connectivity index (χ0n) is 10.8. The Hall–Kier alpha value is -0.120. The molecule has 1 aliphatic heterocycles. The van der Waals surface area contributed by atoms with E-state index in [4.69, 9.17) is 0 Å². The Bertz CT molecular complexity index is 128. The van der Waals surface area contributed by atoms with Gasteiger partial charge in [-0.2, -0.15) is 0 Å². The third kappa shape index (κ3) is 6.13. The molecule has 0 aromatic carbocycles. The number of hydrogen-bond donors (Lipinski definition) is 2. The maximum absolute atomic E-state index is 4.50. The molecule has 1 rings (SSSR count). The molecule has 0 aromatic rings. The van der Waals surface area contributed by atoms with Crippen LogP contribution in [0.4, 0.5) is 0 Å². The van der Waals surface area contributed by atoms with E-state index in [1.165, 1.54) is 58.9 Å². The van der Waals surface area contributed by atoms with Crippen LogP contribution in [-0.2, 0) is 0 Å². The van der Waals surface area contributed by atoms with Crippen molar-refractivity contribution < 1.29 is 0 Å². The molecule has 1 fully saturated rings. The van der Waals surface area contributed by atoms with Gasteiger partial charge in [0.1, 0.15) is 0 Å². The van der Waals surface area contributed by atoms with E-state index in [1.807, 2.05) is 0 Å². The predicted molar refractivity (Wildman–Crippen MR) is 68.2 cm³/mol. The van der Waals surface area contributed by atoms with Crippen molar-refractivity contribution in [3.8, 4) is 0 Å². The first-order valence-corrected chi connectivity index (χ1v) is 6.41. The number of likely N-dealkylation sites (tertiary alicyclic amines) is 1. The van der Waals surface area contributed by atoms with E-state index in [0.717, 1.165) is 6.04 Å². The van der Waals surface area contributed by atoms with E-state index in [0.29, 0.717) is 0 Å². The first-order chi connectivity index (χ1) is 7.38. The van der Waals surface area contributed by atoms with E-state index in [1.54, 1.807) is 0 Å². The molecular formula is C12H29N3. The van der Waals surface area contributed by atoms with Crippen molar-refractivity contribution in [2.24, 2.45) is 5.73 Å². The van der Waals surface area contributed by atoms with Gasteiger partial charge in [0.15, 0.2) is 0 Å². The fraction of sp³-hybridized carbons (Fsp3) is 1.00. The van der Waals surface area contributed by atoms with Crippen molar-refractivity contribution in [1.29, 1.82) is 0 Å². The molecule has 92 valence electrons. The average Bonchev–Trinajstić information content (AvgIpc) is 2.74. The standard InChI is InChI=1S/C11H24N2.CH5N/c1-3-5-8-12-10-11-7-6-9-13(11)4-2;1-2/h11-12H,3-10H2,1-2H3;2H2,1H3. The molecule has 1 atom stereocenters. The Labute approximate surface area is 95.4 Å². The van der Waals surface area contributed by atoms with Crippen LogP contribution in [0.1, 0.15) is 39.5 Å². The third-order valence-corrected chi connectivity index (χ3v) is 2.99. The van der Waals surface area contributed by atoms with Gasteiger partial charge in [-0.1, -0.05) is 20.3 Å². The molecule has 0 amide bonds. The van der Waals surface area contributed by atoms with Gasteiger partial charge in [0.05, 0.1) is 0 Å². The second kappa shape index (κ2) is 10.4. The molecular weight excluding hydrogens is 186 g/mol. The molecule has 0 bridgehead atoms. The largest absolute Gasteiger partial charge is 0.333 e. The Balaban J connectivity index is 0.000000921. The number of unbranched alkanes of at least 4 members (excludes halogenated alkanes) is 1. The molecule has 1 heterocycles. The van der Waals surface area contributed by atoms with Crippen LogP contribution in [0.15, 0.2) is 0 Å². The third-order valence-electron chi connectivity index (χ3n) is 2.99. The number of nitrogens with two attached hydrogens (primary N) is 1. The van der Waals surface area contributed by atoms with Gasteiger partial charge in [-0.05, 0) is 45.9 Å². The summed E-state index contributed by atoms with van der Waals surface area (Å²) < 4.78 is 0. The summed E-state index contributed by atoms with van der Waals surface area (Å²) in [5, 5.41) is 3.55. The number of hydrogen-bond acceptors (Lipinski definition) is 3. The van der Waals surface area contributed by atoms with Gasteiger partial charge < -0.3 is 11.1 Å². The van der Waals surface area contributed by atoms with E-state index in [-0.39, 0.29) is 0 Å². The van der Waals surface area contributed by atoms with Crippen LogP contribution in [0, 0.1) is 0 Å². The maximum atomic E-state index is 4.50. The van der Waals surface area contributed by atoms with Gasteiger partial charge in [-0.15, -0.1) is 0 Å². The van der Waals surface area contributed by atoms with Crippen molar-refractivity contribution in [2.75, 3.05) is 33.2 Å². The van der Waals surface area contributed by atoms with E-state index < -0.39 is 0 Å². The first kappa shape index (κ1) is 14.9. The average molecular weight is 215 g/mol. The Kier molecular flexibility index (Phi) is 10.3. The second-order valence-electron chi connectivity index (χ2n) is 3.98. The number of nitrogens with zero attached hydrogens (tertiary/aromatic N) is 1. The summed E-state index contributed by atoms with van der Waals surface area (Å²) in [6, 6.07) is 0.821. The topological polar surface area (TPSA) is 41.3 Å². The lowest BCUT2D eigenvalue weighted by molar-refractivity contribution is 0.260. The molecule has 1 unspecified atom stereocenters. The minimum absolute atomic E-state index is 0.821. The minimum atomic E-state index is 0.821. The summed E-state index contributed by atoms with van der Waals surface area (Å²) in [7, 11) is 1.50. The van der Waals surface area contributed by atoms with Crippen LogP contribution in [0.5, 0.6) is 0 Å². The van der Waals surface area contributed by atoms with Crippen LogP contribution in [0.3, 0.4) is 0 Å². The van der Waals surface area contributed by atoms with Gasteiger partial charge in [0.2, 0.25) is 0 Å².